The summed E-state index contributed by atoms with van der Waals surface area (Å²) in [6, 6.07) is 15.1. The molecule has 8 heteroatoms. The van der Waals surface area contributed by atoms with E-state index in [0.29, 0.717) is 30.4 Å². The van der Waals surface area contributed by atoms with Crippen LogP contribution in [0.4, 0.5) is 5.69 Å². The van der Waals surface area contributed by atoms with Gasteiger partial charge in [0.25, 0.3) is 5.91 Å². The second-order valence-corrected chi connectivity index (χ2v) is 8.74. The number of amides is 1. The first-order valence-corrected chi connectivity index (χ1v) is 10.7. The molecule has 0 aromatic heterocycles. The van der Waals surface area contributed by atoms with Crippen LogP contribution < -0.4 is 14.8 Å². The van der Waals surface area contributed by atoms with Gasteiger partial charge in [-0.1, -0.05) is 12.1 Å². The summed E-state index contributed by atoms with van der Waals surface area (Å²) in [5, 5.41) is 2.72. The molecular formula is C22H15NO6S. The van der Waals surface area contributed by atoms with E-state index >= 15 is 0 Å². The van der Waals surface area contributed by atoms with Crippen molar-refractivity contribution in [3.8, 4) is 11.5 Å². The molecular weight excluding hydrogens is 406 g/mol. The molecule has 0 saturated heterocycles. The minimum absolute atomic E-state index is 0.0492. The molecule has 1 amide bonds. The highest BCUT2D eigenvalue weighted by molar-refractivity contribution is 7.91. The minimum atomic E-state index is -3.91. The first kappa shape index (κ1) is 18.4. The van der Waals surface area contributed by atoms with Crippen LogP contribution in [0.3, 0.4) is 0 Å². The second-order valence-electron chi connectivity index (χ2n) is 6.85. The molecule has 0 bridgehead atoms. The van der Waals surface area contributed by atoms with Gasteiger partial charge in [0.1, 0.15) is 13.2 Å². The lowest BCUT2D eigenvalue weighted by molar-refractivity contribution is 0.101. The maximum Gasteiger partial charge on any atom is 0.255 e. The molecule has 150 valence electrons. The Hall–Kier alpha value is -3.65. The summed E-state index contributed by atoms with van der Waals surface area (Å²) >= 11 is 0. The smallest absolute Gasteiger partial charge is 0.255 e. The van der Waals surface area contributed by atoms with Gasteiger partial charge < -0.3 is 14.8 Å². The number of hydrogen-bond acceptors (Lipinski definition) is 6. The van der Waals surface area contributed by atoms with E-state index in [1.165, 1.54) is 30.3 Å². The molecule has 0 spiro atoms. The van der Waals surface area contributed by atoms with Crippen LogP contribution in [0.15, 0.2) is 70.5 Å². The standard InChI is InChI=1S/C22H15NO6S/c24-21-15-3-1-2-4-19(15)30(26,27)20-11-13(5-7-16(20)21)22(25)23-14-6-8-17-18(12-14)29-10-9-28-17/h1-8,11-12H,9-10H2,(H,23,25). The zero-order valence-corrected chi connectivity index (χ0v) is 16.4. The SMILES string of the molecule is O=C(Nc1ccc2c(c1)OCCO2)c1ccc2c(c1)S(=O)(=O)c1ccccc1C2=O. The molecule has 0 saturated carbocycles. The highest BCUT2D eigenvalue weighted by atomic mass is 32.2. The quantitative estimate of drug-likeness (QED) is 0.534. The van der Waals surface area contributed by atoms with E-state index in [9.17, 15) is 18.0 Å². The molecule has 2 aliphatic heterocycles. The van der Waals surface area contributed by atoms with Crippen LogP contribution in [0.1, 0.15) is 26.3 Å². The van der Waals surface area contributed by atoms with Gasteiger partial charge in [-0.3, -0.25) is 9.59 Å². The van der Waals surface area contributed by atoms with E-state index in [4.69, 9.17) is 9.47 Å². The van der Waals surface area contributed by atoms with Gasteiger partial charge in [0, 0.05) is 28.4 Å². The molecule has 5 rings (SSSR count). The summed E-state index contributed by atoms with van der Waals surface area (Å²) in [6.07, 6.45) is 0. The number of anilines is 1. The van der Waals surface area contributed by atoms with Gasteiger partial charge in [-0.15, -0.1) is 0 Å². The molecule has 2 heterocycles. The van der Waals surface area contributed by atoms with E-state index in [2.05, 4.69) is 5.32 Å². The molecule has 0 unspecified atom stereocenters. The van der Waals surface area contributed by atoms with E-state index in [1.54, 1.807) is 30.3 Å². The zero-order valence-electron chi connectivity index (χ0n) is 15.5. The maximum absolute atomic E-state index is 13.0. The van der Waals surface area contributed by atoms with E-state index in [-0.39, 0.29) is 32.3 Å². The number of nitrogens with one attached hydrogen (secondary N) is 1. The normalized spacial score (nSPS) is 15.7. The Balaban J connectivity index is 1.49. The predicted octanol–water partition coefficient (Wildman–Crippen LogP) is 3.09. The van der Waals surface area contributed by atoms with Crippen molar-refractivity contribution in [1.29, 1.82) is 0 Å². The van der Waals surface area contributed by atoms with Crippen molar-refractivity contribution in [2.75, 3.05) is 18.5 Å². The average molecular weight is 421 g/mol. The van der Waals surface area contributed by atoms with E-state index in [1.807, 2.05) is 0 Å². The predicted molar refractivity (Wildman–Crippen MR) is 107 cm³/mol. The highest BCUT2D eigenvalue weighted by Gasteiger charge is 2.35. The summed E-state index contributed by atoms with van der Waals surface area (Å²) in [5.41, 5.74) is 0.800. The van der Waals surface area contributed by atoms with Gasteiger partial charge in [0.15, 0.2) is 17.3 Å². The topological polar surface area (TPSA) is 98.8 Å². The molecule has 0 radical (unpaired) electrons. The van der Waals surface area contributed by atoms with Crippen molar-refractivity contribution >= 4 is 27.2 Å². The fourth-order valence-electron chi connectivity index (χ4n) is 3.55. The Labute approximate surface area is 172 Å². The number of rotatable bonds is 2. The highest BCUT2D eigenvalue weighted by Crippen LogP contribution is 2.35. The molecule has 0 aliphatic carbocycles. The lowest BCUT2D eigenvalue weighted by Gasteiger charge is -2.20. The van der Waals surface area contributed by atoms with Gasteiger partial charge >= 0.3 is 0 Å². The summed E-state index contributed by atoms with van der Waals surface area (Å²) in [6.45, 7) is 0.882. The van der Waals surface area contributed by atoms with Crippen LogP contribution in [0, 0.1) is 0 Å². The Morgan fingerprint density at radius 1 is 0.833 bits per heavy atom. The number of hydrogen-bond donors (Lipinski definition) is 1. The van der Waals surface area contributed by atoms with Gasteiger partial charge in [0.05, 0.1) is 9.79 Å². The summed E-state index contributed by atoms with van der Waals surface area (Å²) < 4.78 is 37.0. The van der Waals surface area contributed by atoms with Crippen LogP contribution in [-0.4, -0.2) is 33.3 Å². The largest absolute Gasteiger partial charge is 0.486 e. The van der Waals surface area contributed by atoms with Crippen LogP contribution in [0.5, 0.6) is 11.5 Å². The van der Waals surface area contributed by atoms with Gasteiger partial charge in [0.2, 0.25) is 9.84 Å². The van der Waals surface area contributed by atoms with E-state index in [0.717, 1.165) is 0 Å². The van der Waals surface area contributed by atoms with E-state index < -0.39 is 15.7 Å². The molecule has 7 nitrogen and oxygen atoms in total. The number of carbonyl (C=O) groups excluding carboxylic acids is 2. The summed E-state index contributed by atoms with van der Waals surface area (Å²) in [7, 11) is -3.91. The number of ketones is 1. The Bertz CT molecular complexity index is 1330. The third kappa shape index (κ3) is 2.84. The molecule has 3 aromatic carbocycles. The fourth-order valence-corrected chi connectivity index (χ4v) is 5.23. The molecule has 3 aromatic rings. The van der Waals surface area contributed by atoms with Gasteiger partial charge in [-0.25, -0.2) is 8.42 Å². The lowest BCUT2D eigenvalue weighted by Crippen LogP contribution is -2.21. The number of ether oxygens (including phenoxy) is 2. The Morgan fingerprint density at radius 3 is 2.40 bits per heavy atom. The summed E-state index contributed by atoms with van der Waals surface area (Å²) in [5.74, 6) is 0.232. The monoisotopic (exact) mass is 421 g/mol. The Kier molecular flexibility index (Phi) is 4.11. The molecule has 1 N–H and O–H groups in total. The van der Waals surface area contributed by atoms with Crippen molar-refractivity contribution < 1.29 is 27.5 Å². The zero-order chi connectivity index (χ0) is 20.9. The fraction of sp³-hybridized carbons (Fsp3) is 0.0909. The minimum Gasteiger partial charge on any atom is -0.486 e. The molecule has 0 fully saturated rings. The van der Waals surface area contributed by atoms with Crippen molar-refractivity contribution in [1.82, 2.24) is 0 Å². The van der Waals surface area contributed by atoms with Crippen molar-refractivity contribution in [2.45, 2.75) is 9.79 Å². The molecule has 2 aliphatic rings. The second kappa shape index (κ2) is 6.70. The van der Waals surface area contributed by atoms with Crippen molar-refractivity contribution in [3.63, 3.8) is 0 Å². The van der Waals surface area contributed by atoms with Crippen LogP contribution in [0.25, 0.3) is 0 Å². The maximum atomic E-state index is 13.0. The first-order chi connectivity index (χ1) is 14.4. The number of fused-ring (bicyclic) bond motifs is 3. The molecule has 30 heavy (non-hydrogen) atoms. The van der Waals surface area contributed by atoms with Crippen LogP contribution in [0.2, 0.25) is 0 Å². The summed E-state index contributed by atoms with van der Waals surface area (Å²) in [4.78, 5) is 25.2. The lowest BCUT2D eigenvalue weighted by atomic mass is 10.0. The van der Waals surface area contributed by atoms with Gasteiger partial charge in [-0.05, 0) is 42.5 Å². The van der Waals surface area contributed by atoms with Crippen LogP contribution in [-0.2, 0) is 9.84 Å². The number of carbonyl (C=O) groups is 2. The van der Waals surface area contributed by atoms with Crippen molar-refractivity contribution in [2.24, 2.45) is 0 Å². The van der Waals surface area contributed by atoms with Gasteiger partial charge in [-0.2, -0.15) is 0 Å². The first-order valence-electron chi connectivity index (χ1n) is 9.19. The third-order valence-electron chi connectivity index (χ3n) is 5.00. The third-order valence-corrected chi connectivity index (χ3v) is 6.85. The van der Waals surface area contributed by atoms with Crippen LogP contribution >= 0.6 is 0 Å². The number of benzene rings is 3. The van der Waals surface area contributed by atoms with Crippen molar-refractivity contribution in [3.05, 3.63) is 77.4 Å². The Morgan fingerprint density at radius 2 is 1.57 bits per heavy atom. The number of sulfone groups is 1. The average Bonchev–Trinajstić information content (AvgIpc) is 2.77. The molecule has 0 atom stereocenters.